The van der Waals surface area contributed by atoms with Crippen LogP contribution in [-0.2, 0) is 9.59 Å². The van der Waals surface area contributed by atoms with E-state index in [0.29, 0.717) is 21.8 Å². The molecule has 0 aliphatic carbocycles. The Morgan fingerprint density at radius 2 is 1.27 bits per heavy atom. The fraction of sp³-hybridized carbons (Fsp3) is 0.296. The Bertz CT molecular complexity index is 1380. The summed E-state index contributed by atoms with van der Waals surface area (Å²) in [6, 6.07) is 8.87. The molecule has 0 atom stereocenters. The van der Waals surface area contributed by atoms with Crippen LogP contribution in [-0.4, -0.2) is 53.3 Å². The van der Waals surface area contributed by atoms with Gasteiger partial charge in [0, 0.05) is 36.1 Å². The Labute approximate surface area is 269 Å². The van der Waals surface area contributed by atoms with E-state index < -0.39 is 14.8 Å². The molecule has 1 N–H and O–H groups in total. The molecular weight excluding hydrogens is 633 g/mol. The molecule has 0 aliphatic rings. The van der Waals surface area contributed by atoms with Crippen molar-refractivity contribution in [1.29, 1.82) is 0 Å². The molecule has 17 heteroatoms. The van der Waals surface area contributed by atoms with Gasteiger partial charge in [-0.15, -0.1) is 23.5 Å². The topological polar surface area (TPSA) is 205 Å². The largest absolute Gasteiger partial charge is 0.347 e. The number of H-pyrrole nitrogens is 1. The molecule has 0 fully saturated rings. The van der Waals surface area contributed by atoms with Crippen molar-refractivity contribution in [3.63, 3.8) is 0 Å². The van der Waals surface area contributed by atoms with Crippen molar-refractivity contribution in [3.05, 3.63) is 102 Å². The maximum absolute atomic E-state index is 10.6. The first kappa shape index (κ1) is 44.1. The van der Waals surface area contributed by atoms with Gasteiger partial charge in [0.05, 0.1) is 31.0 Å². The van der Waals surface area contributed by atoms with Gasteiger partial charge in [0.2, 0.25) is 0 Å². The summed E-state index contributed by atoms with van der Waals surface area (Å²) in [7, 11) is 0. The Morgan fingerprint density at radius 1 is 0.818 bits per heavy atom. The average Bonchev–Trinajstić information content (AvgIpc) is 2.94. The van der Waals surface area contributed by atoms with E-state index in [1.54, 1.807) is 18.2 Å². The smallest absolute Gasteiger partial charge is 0.287 e. The molecule has 0 saturated carbocycles. The minimum absolute atomic E-state index is 0. The van der Waals surface area contributed by atoms with Gasteiger partial charge in [0.25, 0.3) is 17.1 Å². The Balaban J connectivity index is -0.000000570. The number of pyridine rings is 3. The van der Waals surface area contributed by atoms with Crippen LogP contribution < -0.4 is 0 Å². The minimum Gasteiger partial charge on any atom is -0.347 e. The molecule has 0 saturated heterocycles. The monoisotopic (exact) mass is 668 g/mol. The molecule has 0 aromatic carbocycles. The lowest BCUT2D eigenvalue weighted by Crippen LogP contribution is -1.89. The Morgan fingerprint density at radius 3 is 1.61 bits per heavy atom. The van der Waals surface area contributed by atoms with E-state index in [4.69, 9.17) is 0 Å². The van der Waals surface area contributed by atoms with Crippen LogP contribution in [0.3, 0.4) is 0 Å². The number of carbonyl (C=O) groups is 2. The molecule has 0 bridgehead atoms. The molecule has 0 aliphatic heterocycles. The van der Waals surface area contributed by atoms with Gasteiger partial charge >= 0.3 is 0 Å². The second-order valence-corrected chi connectivity index (χ2v) is 10.0. The highest BCUT2D eigenvalue weighted by atomic mass is 32.2. The van der Waals surface area contributed by atoms with E-state index in [9.17, 15) is 39.9 Å². The lowest BCUT2D eigenvalue weighted by Gasteiger charge is -1.97. The first-order valence-electron chi connectivity index (χ1n) is 11.4. The molecule has 3 rings (SSSR count). The van der Waals surface area contributed by atoms with E-state index in [1.165, 1.54) is 79.4 Å². The fourth-order valence-corrected chi connectivity index (χ4v) is 3.94. The second-order valence-electron chi connectivity index (χ2n) is 7.35. The summed E-state index contributed by atoms with van der Waals surface area (Å²) in [6.07, 6.45) is 9.12. The summed E-state index contributed by atoms with van der Waals surface area (Å²) in [6.45, 7) is 1.50. The first-order valence-corrected chi connectivity index (χ1v) is 13.8. The number of allylic oxidation sites excluding steroid dienone is 2. The summed E-state index contributed by atoms with van der Waals surface area (Å²) in [5, 5.41) is 32.2. The fourth-order valence-electron chi connectivity index (χ4n) is 2.34. The molecule has 3 heterocycles. The molecule has 44 heavy (non-hydrogen) atoms. The van der Waals surface area contributed by atoms with Crippen molar-refractivity contribution in [2.24, 2.45) is 0 Å². The summed E-state index contributed by atoms with van der Waals surface area (Å²) in [5.41, 5.74) is -0.0100. The molecule has 0 radical (unpaired) electrons. The number of aromatic nitrogens is 3. The van der Waals surface area contributed by atoms with E-state index in [1.807, 2.05) is 0 Å². The van der Waals surface area contributed by atoms with Crippen LogP contribution in [0.15, 0.2) is 77.2 Å². The molecule has 0 amide bonds. The third-order valence-corrected chi connectivity index (χ3v) is 6.42. The van der Waals surface area contributed by atoms with Gasteiger partial charge in [-0.1, -0.05) is 40.6 Å². The van der Waals surface area contributed by atoms with Crippen LogP contribution in [0.25, 0.3) is 0 Å². The van der Waals surface area contributed by atoms with Crippen LogP contribution in [0.2, 0.25) is 0 Å². The number of aldehydes is 1. The van der Waals surface area contributed by atoms with Gasteiger partial charge < -0.3 is 9.78 Å². The van der Waals surface area contributed by atoms with Crippen molar-refractivity contribution >= 4 is 64.9 Å². The second kappa shape index (κ2) is 25.2. The van der Waals surface area contributed by atoms with Crippen LogP contribution in [0.1, 0.15) is 42.0 Å². The van der Waals surface area contributed by atoms with Crippen LogP contribution in [0.4, 0.5) is 17.1 Å². The van der Waals surface area contributed by atoms with E-state index >= 15 is 0 Å². The van der Waals surface area contributed by atoms with Crippen molar-refractivity contribution in [2.75, 3.05) is 11.5 Å². The van der Waals surface area contributed by atoms with Crippen LogP contribution in [0.5, 0.6) is 0 Å². The number of thioether (sulfide) groups is 2. The summed E-state index contributed by atoms with van der Waals surface area (Å²) >= 11 is 7.58. The highest BCUT2D eigenvalue weighted by molar-refractivity contribution is 7.99. The van der Waals surface area contributed by atoms with E-state index in [0.717, 1.165) is 23.5 Å². The molecule has 3 aromatic heterocycles. The van der Waals surface area contributed by atoms with Gasteiger partial charge in [-0.25, -0.2) is 9.97 Å². The number of hydrogen-bond acceptors (Lipinski definition) is 13. The third kappa shape index (κ3) is 19.7. The zero-order chi connectivity index (χ0) is 30.6. The van der Waals surface area contributed by atoms with Crippen LogP contribution >= 0.6 is 35.7 Å². The van der Waals surface area contributed by atoms with Gasteiger partial charge in [0.15, 0.2) is 5.78 Å². The number of rotatable bonds is 12. The van der Waals surface area contributed by atoms with Crippen molar-refractivity contribution in [3.8, 4) is 0 Å². The zero-order valence-corrected chi connectivity index (χ0v) is 23.9. The third-order valence-electron chi connectivity index (χ3n) is 4.21. The molecule has 0 unspecified atom stereocenters. The number of carbonyl (C=O) groups excluding carboxylic acids is 2. The summed E-state index contributed by atoms with van der Waals surface area (Å²) in [5.74, 6) is 1.46. The number of ketones is 1. The quantitative estimate of drug-likeness (QED) is 0.0371. The molecule has 240 valence electrons. The Kier molecular flexibility index (Phi) is 25.2. The number of nitro groups is 3. The normalized spacial score (nSPS) is 9.30. The number of aromatic amines is 1. The minimum atomic E-state index is -0.493. The van der Waals surface area contributed by atoms with Gasteiger partial charge in [-0.3, -0.25) is 35.1 Å². The zero-order valence-electron chi connectivity index (χ0n) is 21.5. The average molecular weight is 669 g/mol. The summed E-state index contributed by atoms with van der Waals surface area (Å²) < 4.78 is 0.491. The molecule has 3 aromatic rings. The predicted molar refractivity (Wildman–Crippen MR) is 177 cm³/mol. The highest BCUT2D eigenvalue weighted by Crippen LogP contribution is 2.19. The summed E-state index contributed by atoms with van der Waals surface area (Å²) in [4.78, 5) is 60.3. The van der Waals surface area contributed by atoms with Gasteiger partial charge in [-0.2, -0.15) is 0 Å². The van der Waals surface area contributed by atoms with Gasteiger partial charge in [-0.05, 0) is 37.6 Å². The molecular formula is C27H36N6O8S3. The SMILES string of the molecule is C.C.C.CC(=O)/C=C/CCSc1ccc([N+](=O)[O-])cn1.O=CCCSc1ccc([N+](=O)[O-])cn1.O=[N+]([O-])c1ccc(=S)[nH]c1. The standard InChI is InChI=1S/C11H12N2O3S.C8H8N2O3S.C5H4N2O2S.3CH4/c1-9(14)4-2-3-7-17-11-6-5-10(8-12-11)13(15)16;11-4-1-5-14-8-3-2-7(6-9-8)10(12)13;8-7(9)4-1-2-5(10)6-3-4;;;/h2,4-6,8H,3,7H2,1H3;2-4,6H,1,5H2;1-3H,(H,6,10);3*1H4/b4-2+;;;;;. The van der Waals surface area contributed by atoms with Crippen LogP contribution in [0, 0.1) is 35.0 Å². The Hall–Kier alpha value is -4.35. The van der Waals surface area contributed by atoms with Crippen molar-refractivity contribution in [2.45, 2.75) is 52.1 Å². The van der Waals surface area contributed by atoms with E-state index in [2.05, 4.69) is 27.2 Å². The van der Waals surface area contributed by atoms with Gasteiger partial charge in [0.1, 0.15) is 23.3 Å². The predicted octanol–water partition coefficient (Wildman–Crippen LogP) is 7.85. The molecule has 0 spiro atoms. The van der Waals surface area contributed by atoms with Crippen molar-refractivity contribution in [1.82, 2.24) is 15.0 Å². The number of nitrogens with one attached hydrogen (secondary N) is 1. The maximum Gasteiger partial charge on any atom is 0.287 e. The lowest BCUT2D eigenvalue weighted by molar-refractivity contribution is -0.385. The van der Waals surface area contributed by atoms with Crippen molar-refractivity contribution < 1.29 is 24.4 Å². The lowest BCUT2D eigenvalue weighted by atomic mass is 10.3. The molecule has 14 nitrogen and oxygen atoms in total. The first-order chi connectivity index (χ1) is 19.5. The maximum atomic E-state index is 10.6. The highest BCUT2D eigenvalue weighted by Gasteiger charge is 2.06. The number of hydrogen-bond donors (Lipinski definition) is 1. The number of nitrogens with zero attached hydrogens (tertiary/aromatic N) is 5. The van der Waals surface area contributed by atoms with E-state index in [-0.39, 0.29) is 45.1 Å².